The number of amides is 1. The van der Waals surface area contributed by atoms with Gasteiger partial charge in [0.1, 0.15) is 23.4 Å². The first-order chi connectivity index (χ1) is 17.7. The van der Waals surface area contributed by atoms with Crippen LogP contribution in [-0.4, -0.2) is 20.8 Å². The van der Waals surface area contributed by atoms with Crippen molar-refractivity contribution >= 4 is 22.6 Å². The standard InChI is InChI=1S/C27H21F3N4O3/c1-16-12-21(17(2)34(16)25-9-4-3-8-22(25)27(28,29)30)26(35)31-19-6-5-7-20(14-19)36-15-18-10-11-23-24(13-18)33-37-32-23/h3-14H,15H2,1-2H3,(H,31,35). The Morgan fingerprint density at radius 3 is 2.57 bits per heavy atom. The molecule has 0 atom stereocenters. The quantitative estimate of drug-likeness (QED) is 0.285. The third-order valence-electron chi connectivity index (χ3n) is 5.94. The van der Waals surface area contributed by atoms with E-state index in [2.05, 4.69) is 15.6 Å². The first-order valence-electron chi connectivity index (χ1n) is 11.3. The average Bonchev–Trinajstić information content (AvgIpc) is 3.45. The van der Waals surface area contributed by atoms with Gasteiger partial charge in [-0.25, -0.2) is 4.63 Å². The molecule has 0 aliphatic rings. The van der Waals surface area contributed by atoms with Crippen LogP contribution < -0.4 is 10.1 Å². The van der Waals surface area contributed by atoms with Gasteiger partial charge in [-0.1, -0.05) is 24.3 Å². The van der Waals surface area contributed by atoms with Crippen LogP contribution >= 0.6 is 0 Å². The SMILES string of the molecule is Cc1cc(C(=O)Nc2cccc(OCc3ccc4nonc4c3)c2)c(C)n1-c1ccccc1C(F)(F)F. The van der Waals surface area contributed by atoms with E-state index in [9.17, 15) is 18.0 Å². The van der Waals surface area contributed by atoms with Crippen LogP contribution in [0.1, 0.15) is 32.9 Å². The Balaban J connectivity index is 1.34. The first kappa shape index (κ1) is 24.1. The summed E-state index contributed by atoms with van der Waals surface area (Å²) in [4.78, 5) is 13.1. The highest BCUT2D eigenvalue weighted by Gasteiger charge is 2.34. The van der Waals surface area contributed by atoms with Gasteiger partial charge in [0, 0.05) is 23.1 Å². The zero-order valence-electron chi connectivity index (χ0n) is 19.8. The molecule has 188 valence electrons. The van der Waals surface area contributed by atoms with E-state index in [0.717, 1.165) is 11.6 Å². The van der Waals surface area contributed by atoms with E-state index in [1.54, 1.807) is 50.2 Å². The minimum atomic E-state index is -4.53. The third kappa shape index (κ3) is 4.90. The number of hydrogen-bond acceptors (Lipinski definition) is 5. The highest BCUT2D eigenvalue weighted by Crippen LogP contribution is 2.35. The van der Waals surface area contributed by atoms with Crippen molar-refractivity contribution in [3.05, 3.63) is 101 Å². The number of hydrogen-bond donors (Lipinski definition) is 1. The Morgan fingerprint density at radius 2 is 1.76 bits per heavy atom. The van der Waals surface area contributed by atoms with Gasteiger partial charge in [0.15, 0.2) is 0 Å². The van der Waals surface area contributed by atoms with Gasteiger partial charge in [0.25, 0.3) is 5.91 Å². The molecule has 2 heterocycles. The number of aryl methyl sites for hydroxylation is 1. The van der Waals surface area contributed by atoms with Gasteiger partial charge in [-0.15, -0.1) is 0 Å². The number of aromatic nitrogens is 3. The van der Waals surface area contributed by atoms with Gasteiger partial charge in [-0.05, 0) is 72.2 Å². The highest BCUT2D eigenvalue weighted by molar-refractivity contribution is 6.05. The molecule has 1 N–H and O–H groups in total. The summed E-state index contributed by atoms with van der Waals surface area (Å²) >= 11 is 0. The zero-order chi connectivity index (χ0) is 26.2. The second kappa shape index (κ2) is 9.45. The molecule has 1 amide bonds. The summed E-state index contributed by atoms with van der Waals surface area (Å²) in [5, 5.41) is 10.4. The number of carbonyl (C=O) groups is 1. The van der Waals surface area contributed by atoms with E-state index < -0.39 is 17.6 Å². The van der Waals surface area contributed by atoms with Crippen molar-refractivity contribution in [3.8, 4) is 11.4 Å². The van der Waals surface area contributed by atoms with Crippen molar-refractivity contribution in [2.45, 2.75) is 26.6 Å². The van der Waals surface area contributed by atoms with Crippen molar-refractivity contribution < 1.29 is 27.3 Å². The number of ether oxygens (including phenoxy) is 1. The summed E-state index contributed by atoms with van der Waals surface area (Å²) in [6.45, 7) is 3.55. The molecule has 37 heavy (non-hydrogen) atoms. The highest BCUT2D eigenvalue weighted by atomic mass is 19.4. The molecule has 0 radical (unpaired) electrons. The molecule has 7 nitrogen and oxygen atoms in total. The van der Waals surface area contributed by atoms with E-state index in [4.69, 9.17) is 9.37 Å². The Bertz CT molecular complexity index is 1600. The Kier molecular flexibility index (Phi) is 6.16. The number of para-hydroxylation sites is 1. The first-order valence-corrected chi connectivity index (χ1v) is 11.3. The topological polar surface area (TPSA) is 82.2 Å². The lowest BCUT2D eigenvalue weighted by Crippen LogP contribution is -2.15. The van der Waals surface area contributed by atoms with Crippen molar-refractivity contribution in [2.75, 3.05) is 5.32 Å². The second-order valence-electron chi connectivity index (χ2n) is 8.49. The van der Waals surface area contributed by atoms with Crippen LogP contribution in [0.4, 0.5) is 18.9 Å². The number of rotatable bonds is 6. The average molecular weight is 506 g/mol. The van der Waals surface area contributed by atoms with E-state index in [1.165, 1.54) is 22.8 Å². The molecular formula is C27H21F3N4O3. The van der Waals surface area contributed by atoms with Crippen LogP contribution in [-0.2, 0) is 12.8 Å². The molecule has 0 aliphatic carbocycles. The molecule has 3 aromatic carbocycles. The molecule has 0 fully saturated rings. The number of carbonyl (C=O) groups excluding carboxylic acids is 1. The van der Waals surface area contributed by atoms with Gasteiger partial charge >= 0.3 is 6.18 Å². The maximum atomic E-state index is 13.6. The number of anilines is 1. The molecule has 0 bridgehead atoms. The summed E-state index contributed by atoms with van der Waals surface area (Å²) in [6.07, 6.45) is -4.53. The fraction of sp³-hybridized carbons (Fsp3) is 0.148. The van der Waals surface area contributed by atoms with Crippen LogP contribution in [0.3, 0.4) is 0 Å². The molecule has 5 rings (SSSR count). The minimum absolute atomic E-state index is 0.0287. The Labute approximate surface area is 209 Å². The largest absolute Gasteiger partial charge is 0.489 e. The Hall–Kier alpha value is -4.60. The lowest BCUT2D eigenvalue weighted by molar-refractivity contribution is -0.137. The third-order valence-corrected chi connectivity index (χ3v) is 5.94. The van der Waals surface area contributed by atoms with Crippen molar-refractivity contribution in [3.63, 3.8) is 0 Å². The van der Waals surface area contributed by atoms with Gasteiger partial charge < -0.3 is 14.6 Å². The van der Waals surface area contributed by atoms with Crippen LogP contribution in [0.2, 0.25) is 0 Å². The van der Waals surface area contributed by atoms with Gasteiger partial charge in [0.2, 0.25) is 0 Å². The van der Waals surface area contributed by atoms with Crippen LogP contribution in [0.5, 0.6) is 5.75 Å². The molecule has 0 spiro atoms. The van der Waals surface area contributed by atoms with Crippen LogP contribution in [0, 0.1) is 13.8 Å². The second-order valence-corrected chi connectivity index (χ2v) is 8.49. The minimum Gasteiger partial charge on any atom is -0.489 e. The molecule has 0 saturated heterocycles. The normalized spacial score (nSPS) is 11.6. The number of nitrogens with zero attached hydrogens (tertiary/aromatic N) is 3. The summed E-state index contributed by atoms with van der Waals surface area (Å²) in [5.74, 6) is 0.0886. The van der Waals surface area contributed by atoms with Crippen LogP contribution in [0.15, 0.2) is 77.4 Å². The van der Waals surface area contributed by atoms with Crippen molar-refractivity contribution in [1.82, 2.24) is 14.9 Å². The molecule has 0 saturated carbocycles. The number of fused-ring (bicyclic) bond motifs is 1. The monoisotopic (exact) mass is 506 g/mol. The fourth-order valence-electron chi connectivity index (χ4n) is 4.22. The van der Waals surface area contributed by atoms with Crippen molar-refractivity contribution in [2.24, 2.45) is 0 Å². The van der Waals surface area contributed by atoms with E-state index in [1.807, 2.05) is 12.1 Å². The van der Waals surface area contributed by atoms with Gasteiger partial charge in [-0.3, -0.25) is 4.79 Å². The molecule has 5 aromatic rings. The smallest absolute Gasteiger partial charge is 0.418 e. The maximum absolute atomic E-state index is 13.6. The number of benzene rings is 3. The van der Waals surface area contributed by atoms with Gasteiger partial charge in [0.05, 0.1) is 16.8 Å². The Morgan fingerprint density at radius 1 is 0.973 bits per heavy atom. The predicted molar refractivity (Wildman–Crippen MR) is 131 cm³/mol. The lowest BCUT2D eigenvalue weighted by Gasteiger charge is -2.17. The molecule has 0 unspecified atom stereocenters. The number of halogens is 3. The molecular weight excluding hydrogens is 485 g/mol. The predicted octanol–water partition coefficient (Wildman–Crippen LogP) is 6.48. The number of nitrogens with one attached hydrogen (secondary N) is 1. The molecule has 10 heteroatoms. The fourth-order valence-corrected chi connectivity index (χ4v) is 4.22. The summed E-state index contributed by atoms with van der Waals surface area (Å²) in [7, 11) is 0. The maximum Gasteiger partial charge on any atom is 0.418 e. The number of alkyl halides is 3. The summed E-state index contributed by atoms with van der Waals surface area (Å²) in [6, 6.07) is 19.2. The molecule has 0 aliphatic heterocycles. The van der Waals surface area contributed by atoms with E-state index >= 15 is 0 Å². The molecule has 2 aromatic heterocycles. The summed E-state index contributed by atoms with van der Waals surface area (Å²) in [5.41, 5.74) is 3.00. The van der Waals surface area contributed by atoms with Crippen LogP contribution in [0.25, 0.3) is 16.7 Å². The van der Waals surface area contributed by atoms with E-state index in [-0.39, 0.29) is 17.9 Å². The van der Waals surface area contributed by atoms with Crippen molar-refractivity contribution in [1.29, 1.82) is 0 Å². The van der Waals surface area contributed by atoms with Gasteiger partial charge in [-0.2, -0.15) is 13.2 Å². The zero-order valence-corrected chi connectivity index (χ0v) is 19.8. The summed E-state index contributed by atoms with van der Waals surface area (Å²) < 4.78 is 52.8. The lowest BCUT2D eigenvalue weighted by atomic mass is 10.1. The van der Waals surface area contributed by atoms with E-state index in [0.29, 0.717) is 33.9 Å².